The molecule has 1 aromatic rings. The maximum Gasteiger partial charge on any atom is 0.321 e. The maximum absolute atomic E-state index is 11.7. The van der Waals surface area contributed by atoms with Gasteiger partial charge in [-0.3, -0.25) is 24.9 Å². The molecular formula is C19H12N4O7. The lowest BCUT2D eigenvalue weighted by atomic mass is 10.0. The molecule has 3 aliphatic rings. The summed E-state index contributed by atoms with van der Waals surface area (Å²) in [7, 11) is 0. The van der Waals surface area contributed by atoms with Gasteiger partial charge >= 0.3 is 11.5 Å². The van der Waals surface area contributed by atoms with Crippen LogP contribution in [0.1, 0.15) is 0 Å². The molecule has 1 aromatic carbocycles. The topological polar surface area (TPSA) is 144 Å². The second kappa shape index (κ2) is 7.48. The highest BCUT2D eigenvalue weighted by atomic mass is 16.7. The first-order valence-electron chi connectivity index (χ1n) is 8.46. The molecule has 0 saturated heterocycles. The predicted octanol–water partition coefficient (Wildman–Crippen LogP) is 1.51. The first-order valence-corrected chi connectivity index (χ1v) is 8.46. The molecule has 11 heteroatoms. The zero-order valence-electron chi connectivity index (χ0n) is 15.0. The number of hydroxylamine groups is 3. The number of allylic oxidation sites excluding steroid dienone is 5. The second-order valence-corrected chi connectivity index (χ2v) is 6.06. The summed E-state index contributed by atoms with van der Waals surface area (Å²) in [6, 6.07) is 8.78. The van der Waals surface area contributed by atoms with Crippen molar-refractivity contribution in [1.29, 1.82) is 0 Å². The zero-order chi connectivity index (χ0) is 21.3. The number of carbonyl (C=O) groups is 2. The van der Waals surface area contributed by atoms with E-state index in [9.17, 15) is 24.9 Å². The molecular weight excluding hydrogens is 396 g/mol. The van der Waals surface area contributed by atoms with Crippen LogP contribution in [0.25, 0.3) is 0 Å². The Morgan fingerprint density at radius 3 is 2.67 bits per heavy atom. The van der Waals surface area contributed by atoms with Crippen LogP contribution >= 0.6 is 0 Å². The third-order valence-electron chi connectivity index (χ3n) is 4.08. The standard InChI is InChI=1S/C19H12N4O7/c24-15-9-12(8-14(17(15)25)23(27)28)19-20-18(21-30-19)11-6-7-22(26)16(10-11)29-13-4-2-1-3-5-13/h1-10,21,26H. The lowest BCUT2D eigenvalue weighted by molar-refractivity contribution is -0.418. The number of carbonyl (C=O) groups excluding carboxylic acids is 2. The monoisotopic (exact) mass is 408 g/mol. The van der Waals surface area contributed by atoms with Gasteiger partial charge in [-0.25, -0.2) is 5.48 Å². The van der Waals surface area contributed by atoms with Gasteiger partial charge in [-0.05, 0) is 18.2 Å². The van der Waals surface area contributed by atoms with E-state index < -0.39 is 22.2 Å². The molecule has 0 radical (unpaired) electrons. The minimum absolute atomic E-state index is 0.0253. The molecule has 11 nitrogen and oxygen atoms in total. The van der Waals surface area contributed by atoms with E-state index in [0.29, 0.717) is 11.3 Å². The first kappa shape index (κ1) is 18.8. The predicted molar refractivity (Wildman–Crippen MR) is 99.8 cm³/mol. The van der Waals surface area contributed by atoms with E-state index in [1.807, 2.05) is 6.07 Å². The zero-order valence-corrected chi connectivity index (χ0v) is 15.0. The van der Waals surface area contributed by atoms with Crippen molar-refractivity contribution in [3.63, 3.8) is 0 Å². The smallest absolute Gasteiger partial charge is 0.321 e. The Bertz CT molecular complexity index is 1140. The van der Waals surface area contributed by atoms with Crippen LogP contribution in [0.3, 0.4) is 0 Å². The lowest BCUT2D eigenvalue weighted by Crippen LogP contribution is -2.25. The molecule has 4 rings (SSSR count). The fraction of sp³-hybridized carbons (Fsp3) is 0. The number of nitrogens with one attached hydrogen (secondary N) is 1. The van der Waals surface area contributed by atoms with Gasteiger partial charge in [0.2, 0.25) is 11.7 Å². The van der Waals surface area contributed by atoms with Gasteiger partial charge in [0, 0.05) is 30.0 Å². The average molecular weight is 408 g/mol. The minimum Gasteiger partial charge on any atom is -0.439 e. The van der Waals surface area contributed by atoms with Gasteiger partial charge in [0.25, 0.3) is 5.90 Å². The molecule has 30 heavy (non-hydrogen) atoms. The van der Waals surface area contributed by atoms with E-state index in [0.717, 1.165) is 17.2 Å². The number of para-hydroxylation sites is 1. The van der Waals surface area contributed by atoms with E-state index in [1.54, 1.807) is 24.3 Å². The number of rotatable bonds is 4. The van der Waals surface area contributed by atoms with Gasteiger partial charge in [0.1, 0.15) is 5.75 Å². The summed E-state index contributed by atoms with van der Waals surface area (Å²) in [5, 5.41) is 21.7. The SMILES string of the molecule is O=C1C=C(C2=NC(=C3C=CN(O)C(Oc4ccccc4)=C3)NO2)C=C([N+](=O)[O-])C1=O. The number of ether oxygens (including phenoxy) is 1. The molecule has 0 amide bonds. The molecule has 0 aromatic heterocycles. The number of benzene rings is 1. The highest BCUT2D eigenvalue weighted by Crippen LogP contribution is 2.25. The third-order valence-corrected chi connectivity index (χ3v) is 4.08. The van der Waals surface area contributed by atoms with E-state index in [-0.39, 0.29) is 23.2 Å². The second-order valence-electron chi connectivity index (χ2n) is 6.06. The van der Waals surface area contributed by atoms with E-state index >= 15 is 0 Å². The average Bonchev–Trinajstić information content (AvgIpc) is 3.22. The van der Waals surface area contributed by atoms with Crippen molar-refractivity contribution in [3.8, 4) is 5.75 Å². The Labute approximate surface area is 168 Å². The Hall–Kier alpha value is -4.51. The number of hydrogen-bond donors (Lipinski definition) is 2. The normalized spacial score (nSPS) is 20.6. The summed E-state index contributed by atoms with van der Waals surface area (Å²) in [5.41, 5.74) is 2.10. The van der Waals surface area contributed by atoms with Crippen molar-refractivity contribution in [2.24, 2.45) is 4.99 Å². The molecule has 0 fully saturated rings. The number of ketones is 2. The van der Waals surface area contributed by atoms with E-state index in [2.05, 4.69) is 10.5 Å². The first-order chi connectivity index (χ1) is 14.4. The molecule has 0 spiro atoms. The Balaban J connectivity index is 1.64. The minimum atomic E-state index is -1.21. The summed E-state index contributed by atoms with van der Waals surface area (Å²) in [6.45, 7) is 0. The fourth-order valence-corrected chi connectivity index (χ4v) is 2.64. The van der Waals surface area contributed by atoms with Crippen LogP contribution in [0.15, 0.2) is 94.4 Å². The Kier molecular flexibility index (Phi) is 4.70. The quantitative estimate of drug-likeness (QED) is 0.328. The molecule has 0 saturated carbocycles. The summed E-state index contributed by atoms with van der Waals surface area (Å²) >= 11 is 0. The van der Waals surface area contributed by atoms with Gasteiger partial charge in [-0.2, -0.15) is 10.1 Å². The van der Waals surface area contributed by atoms with Gasteiger partial charge in [-0.1, -0.05) is 18.2 Å². The van der Waals surface area contributed by atoms with Gasteiger partial charge in [0.15, 0.2) is 5.82 Å². The van der Waals surface area contributed by atoms with E-state index in [4.69, 9.17) is 9.57 Å². The maximum atomic E-state index is 11.7. The molecule has 2 aliphatic heterocycles. The molecule has 150 valence electrons. The molecule has 2 N–H and O–H groups in total. The van der Waals surface area contributed by atoms with Gasteiger partial charge in [-0.15, -0.1) is 0 Å². The van der Waals surface area contributed by atoms with Crippen LogP contribution in [0.4, 0.5) is 0 Å². The van der Waals surface area contributed by atoms with Crippen molar-refractivity contribution in [2.45, 2.75) is 0 Å². The Morgan fingerprint density at radius 1 is 1.17 bits per heavy atom. The molecule has 0 unspecified atom stereocenters. The summed E-state index contributed by atoms with van der Waals surface area (Å²) in [5.74, 6) is -1.60. The summed E-state index contributed by atoms with van der Waals surface area (Å²) in [6.07, 6.45) is 6.15. The van der Waals surface area contributed by atoms with Crippen molar-refractivity contribution < 1.29 is 29.3 Å². The number of nitro groups is 1. The van der Waals surface area contributed by atoms with Crippen LogP contribution in [-0.2, 0) is 14.4 Å². The van der Waals surface area contributed by atoms with Crippen LogP contribution in [0.5, 0.6) is 5.75 Å². The molecule has 1 aliphatic carbocycles. The largest absolute Gasteiger partial charge is 0.439 e. The van der Waals surface area contributed by atoms with Crippen LogP contribution in [0, 0.1) is 10.1 Å². The van der Waals surface area contributed by atoms with Crippen LogP contribution in [0.2, 0.25) is 0 Å². The van der Waals surface area contributed by atoms with Crippen molar-refractivity contribution >= 4 is 17.5 Å². The van der Waals surface area contributed by atoms with Crippen molar-refractivity contribution in [2.75, 3.05) is 0 Å². The third kappa shape index (κ3) is 3.59. The highest BCUT2D eigenvalue weighted by molar-refractivity contribution is 6.48. The van der Waals surface area contributed by atoms with Crippen LogP contribution in [-0.4, -0.2) is 32.7 Å². The highest BCUT2D eigenvalue weighted by Gasteiger charge is 2.34. The lowest BCUT2D eigenvalue weighted by Gasteiger charge is -2.20. The summed E-state index contributed by atoms with van der Waals surface area (Å²) < 4.78 is 5.62. The van der Waals surface area contributed by atoms with Gasteiger partial charge in [0.05, 0.1) is 10.5 Å². The number of Topliss-reactive ketones (excluding diaryl/α,β-unsaturated/α-hetero) is 1. The summed E-state index contributed by atoms with van der Waals surface area (Å²) in [4.78, 5) is 42.7. The number of aliphatic imine (C=N–C) groups is 1. The molecule has 0 atom stereocenters. The molecule has 0 bridgehead atoms. The fourth-order valence-electron chi connectivity index (χ4n) is 2.64. The van der Waals surface area contributed by atoms with Crippen molar-refractivity contribution in [1.82, 2.24) is 10.5 Å². The van der Waals surface area contributed by atoms with Gasteiger partial charge < -0.3 is 9.57 Å². The van der Waals surface area contributed by atoms with Crippen LogP contribution < -0.4 is 10.2 Å². The van der Waals surface area contributed by atoms with Crippen molar-refractivity contribution in [3.05, 3.63) is 99.5 Å². The Morgan fingerprint density at radius 2 is 1.93 bits per heavy atom. The number of nitrogens with zero attached hydrogens (tertiary/aromatic N) is 3. The molecule has 2 heterocycles. The number of hydrogen-bond acceptors (Lipinski definition) is 10. The van der Waals surface area contributed by atoms with E-state index in [1.165, 1.54) is 18.4 Å².